The van der Waals surface area contributed by atoms with Gasteiger partial charge in [0.05, 0.1) is 0 Å². The minimum atomic E-state index is 0.0223. The van der Waals surface area contributed by atoms with Gasteiger partial charge in [0.2, 0.25) is 11.8 Å². The van der Waals surface area contributed by atoms with E-state index in [4.69, 9.17) is 0 Å². The summed E-state index contributed by atoms with van der Waals surface area (Å²) in [6.45, 7) is 4.04. The highest BCUT2D eigenvalue weighted by Crippen LogP contribution is 2.26. The molecule has 2 N–H and O–H groups in total. The smallest absolute Gasteiger partial charge is 0.224 e. The van der Waals surface area contributed by atoms with Crippen LogP contribution in [0.1, 0.15) is 58.8 Å². The lowest BCUT2D eigenvalue weighted by molar-refractivity contribution is -0.118. The molecule has 1 saturated carbocycles. The Morgan fingerprint density at radius 3 is 2.00 bits per heavy atom. The first-order valence-corrected chi connectivity index (χ1v) is 8.72. The second kappa shape index (κ2) is 8.70. The zero-order valence-corrected chi connectivity index (χ0v) is 14.2. The van der Waals surface area contributed by atoms with Crippen LogP contribution in [0.2, 0.25) is 0 Å². The van der Waals surface area contributed by atoms with Crippen molar-refractivity contribution in [3.8, 4) is 0 Å². The van der Waals surface area contributed by atoms with E-state index in [1.807, 2.05) is 38.1 Å². The maximum absolute atomic E-state index is 12.1. The van der Waals surface area contributed by atoms with Crippen molar-refractivity contribution < 1.29 is 9.59 Å². The maximum Gasteiger partial charge on any atom is 0.224 e. The van der Waals surface area contributed by atoms with Crippen molar-refractivity contribution in [3.05, 3.63) is 24.3 Å². The van der Waals surface area contributed by atoms with Crippen LogP contribution in [0.4, 0.5) is 11.4 Å². The van der Waals surface area contributed by atoms with E-state index >= 15 is 0 Å². The lowest BCUT2D eigenvalue weighted by Crippen LogP contribution is -2.18. The first kappa shape index (κ1) is 17.5. The summed E-state index contributed by atoms with van der Waals surface area (Å²) in [5, 5.41) is 5.82. The van der Waals surface area contributed by atoms with E-state index in [-0.39, 0.29) is 11.8 Å². The summed E-state index contributed by atoms with van der Waals surface area (Å²) >= 11 is 0. The molecule has 0 atom stereocenters. The standard InChI is InChI=1S/C19H28N2O2/c1-14(2)12-18(22)20-16-8-10-17(11-9-16)21-19(23)13-15-6-4-3-5-7-15/h8-11,14-15H,3-7,12-13H2,1-2H3,(H,20,22)(H,21,23). The van der Waals surface area contributed by atoms with Crippen LogP contribution >= 0.6 is 0 Å². The lowest BCUT2D eigenvalue weighted by atomic mass is 9.87. The fourth-order valence-electron chi connectivity index (χ4n) is 3.09. The molecule has 0 unspecified atom stereocenters. The Morgan fingerprint density at radius 2 is 1.48 bits per heavy atom. The quantitative estimate of drug-likeness (QED) is 0.807. The van der Waals surface area contributed by atoms with Gasteiger partial charge in [-0.15, -0.1) is 0 Å². The Bertz CT molecular complexity index is 517. The summed E-state index contributed by atoms with van der Waals surface area (Å²) in [6.07, 6.45) is 7.29. The zero-order valence-electron chi connectivity index (χ0n) is 14.2. The molecule has 0 saturated heterocycles. The topological polar surface area (TPSA) is 58.2 Å². The number of benzene rings is 1. The Labute approximate surface area is 139 Å². The molecule has 2 rings (SSSR count). The molecule has 23 heavy (non-hydrogen) atoms. The van der Waals surface area contributed by atoms with Gasteiger partial charge in [0.15, 0.2) is 0 Å². The Kier molecular flexibility index (Phi) is 6.63. The van der Waals surface area contributed by atoms with E-state index in [2.05, 4.69) is 10.6 Å². The summed E-state index contributed by atoms with van der Waals surface area (Å²) in [5.74, 6) is 0.995. The molecule has 0 spiro atoms. The third kappa shape index (κ3) is 6.43. The van der Waals surface area contributed by atoms with E-state index in [0.29, 0.717) is 24.7 Å². The average Bonchev–Trinajstić information content (AvgIpc) is 2.49. The summed E-state index contributed by atoms with van der Waals surface area (Å²) in [5.41, 5.74) is 1.55. The van der Waals surface area contributed by atoms with Crippen LogP contribution in [-0.2, 0) is 9.59 Å². The highest BCUT2D eigenvalue weighted by molar-refractivity contribution is 5.93. The number of hydrogen-bond donors (Lipinski definition) is 2. The number of anilines is 2. The highest BCUT2D eigenvalue weighted by atomic mass is 16.2. The van der Waals surface area contributed by atoms with E-state index in [1.54, 1.807) is 0 Å². The van der Waals surface area contributed by atoms with Crippen LogP contribution in [0, 0.1) is 11.8 Å². The summed E-state index contributed by atoms with van der Waals surface area (Å²) in [4.78, 5) is 23.8. The van der Waals surface area contributed by atoms with Crippen molar-refractivity contribution in [1.29, 1.82) is 0 Å². The largest absolute Gasteiger partial charge is 0.326 e. The van der Waals surface area contributed by atoms with Crippen LogP contribution in [0.5, 0.6) is 0 Å². The zero-order chi connectivity index (χ0) is 16.7. The monoisotopic (exact) mass is 316 g/mol. The molecule has 1 aromatic rings. The SMILES string of the molecule is CC(C)CC(=O)Nc1ccc(NC(=O)CC2CCCCC2)cc1. The van der Waals surface area contributed by atoms with Gasteiger partial charge in [0.25, 0.3) is 0 Å². The molecular formula is C19H28N2O2. The molecule has 1 aliphatic rings. The predicted molar refractivity (Wildman–Crippen MR) is 94.3 cm³/mol. The Hall–Kier alpha value is -1.84. The van der Waals surface area contributed by atoms with E-state index < -0.39 is 0 Å². The molecule has 0 aromatic heterocycles. The molecule has 4 heteroatoms. The van der Waals surface area contributed by atoms with Crippen LogP contribution in [0.15, 0.2) is 24.3 Å². The minimum Gasteiger partial charge on any atom is -0.326 e. The van der Waals surface area contributed by atoms with Gasteiger partial charge in [-0.3, -0.25) is 9.59 Å². The predicted octanol–water partition coefficient (Wildman–Crippen LogP) is 4.58. The highest BCUT2D eigenvalue weighted by Gasteiger charge is 2.17. The first-order valence-electron chi connectivity index (χ1n) is 8.72. The molecular weight excluding hydrogens is 288 g/mol. The molecule has 0 radical (unpaired) electrons. The maximum atomic E-state index is 12.1. The van der Waals surface area contributed by atoms with Gasteiger partial charge >= 0.3 is 0 Å². The fourth-order valence-corrected chi connectivity index (χ4v) is 3.09. The molecule has 0 aliphatic heterocycles. The van der Waals surface area contributed by atoms with E-state index in [9.17, 15) is 9.59 Å². The van der Waals surface area contributed by atoms with Gasteiger partial charge in [0, 0.05) is 24.2 Å². The van der Waals surface area contributed by atoms with Crippen molar-refractivity contribution in [2.75, 3.05) is 10.6 Å². The van der Waals surface area contributed by atoms with Crippen LogP contribution in [0.25, 0.3) is 0 Å². The second-order valence-electron chi connectivity index (χ2n) is 6.98. The average molecular weight is 316 g/mol. The number of carbonyl (C=O) groups excluding carboxylic acids is 2. The molecule has 0 heterocycles. The number of rotatable bonds is 6. The van der Waals surface area contributed by atoms with Crippen LogP contribution in [-0.4, -0.2) is 11.8 Å². The van der Waals surface area contributed by atoms with Crippen LogP contribution in [0.3, 0.4) is 0 Å². The van der Waals surface area contributed by atoms with Gasteiger partial charge in [-0.1, -0.05) is 33.1 Å². The Morgan fingerprint density at radius 1 is 0.957 bits per heavy atom. The van der Waals surface area contributed by atoms with Crippen molar-refractivity contribution in [1.82, 2.24) is 0 Å². The van der Waals surface area contributed by atoms with Crippen molar-refractivity contribution in [2.45, 2.75) is 58.8 Å². The number of amides is 2. The lowest BCUT2D eigenvalue weighted by Gasteiger charge is -2.20. The van der Waals surface area contributed by atoms with Gasteiger partial charge < -0.3 is 10.6 Å². The van der Waals surface area contributed by atoms with Crippen molar-refractivity contribution in [2.24, 2.45) is 11.8 Å². The molecule has 2 amide bonds. The fraction of sp³-hybridized carbons (Fsp3) is 0.579. The third-order valence-electron chi connectivity index (χ3n) is 4.24. The van der Waals surface area contributed by atoms with Crippen LogP contribution < -0.4 is 10.6 Å². The van der Waals surface area contributed by atoms with Gasteiger partial charge in [-0.2, -0.15) is 0 Å². The van der Waals surface area contributed by atoms with Crippen molar-refractivity contribution in [3.63, 3.8) is 0 Å². The van der Waals surface area contributed by atoms with E-state index in [1.165, 1.54) is 32.1 Å². The Balaban J connectivity index is 1.79. The summed E-state index contributed by atoms with van der Waals surface area (Å²) in [6, 6.07) is 7.33. The van der Waals surface area contributed by atoms with Crippen molar-refractivity contribution >= 4 is 23.2 Å². The van der Waals surface area contributed by atoms with Gasteiger partial charge in [0.1, 0.15) is 0 Å². The second-order valence-corrected chi connectivity index (χ2v) is 6.98. The number of nitrogens with one attached hydrogen (secondary N) is 2. The third-order valence-corrected chi connectivity index (χ3v) is 4.24. The molecule has 126 valence electrons. The van der Waals surface area contributed by atoms with Gasteiger partial charge in [-0.05, 0) is 48.9 Å². The molecule has 1 aliphatic carbocycles. The first-order chi connectivity index (χ1) is 11.0. The molecule has 4 nitrogen and oxygen atoms in total. The minimum absolute atomic E-state index is 0.0223. The molecule has 0 bridgehead atoms. The molecule has 1 aromatic carbocycles. The molecule has 1 fully saturated rings. The van der Waals surface area contributed by atoms with E-state index in [0.717, 1.165) is 11.4 Å². The number of carbonyl (C=O) groups is 2. The summed E-state index contributed by atoms with van der Waals surface area (Å²) < 4.78 is 0. The number of hydrogen-bond acceptors (Lipinski definition) is 2. The summed E-state index contributed by atoms with van der Waals surface area (Å²) in [7, 11) is 0. The normalized spacial score (nSPS) is 15.4. The van der Waals surface area contributed by atoms with Gasteiger partial charge in [-0.25, -0.2) is 0 Å².